The van der Waals surface area contributed by atoms with Crippen molar-refractivity contribution >= 4 is 11.9 Å². The smallest absolute Gasteiger partial charge is 0.329 e. The monoisotopic (exact) mass is 600 g/mol. The summed E-state index contributed by atoms with van der Waals surface area (Å²) < 4.78 is 53.4. The molecule has 0 radical (unpaired) electrons. The van der Waals surface area contributed by atoms with Gasteiger partial charge in [0.05, 0.1) is 119 Å². The minimum Gasteiger partial charge on any atom is -0.480 e. The molecule has 15 heteroatoms. The molecule has 0 aliphatic rings. The topological polar surface area (TPSA) is 162 Å². The molecule has 41 heavy (non-hydrogen) atoms. The largest absolute Gasteiger partial charge is 0.480 e. The number of nitrogens with one attached hydrogen (secondary N) is 1. The fourth-order valence-corrected chi connectivity index (χ4v) is 2.65. The number of carbonyl (C=O) groups excluding carboxylic acids is 1. The van der Waals surface area contributed by atoms with E-state index in [0.29, 0.717) is 125 Å². The highest BCUT2D eigenvalue weighted by molar-refractivity contribution is 5.77. The van der Waals surface area contributed by atoms with Crippen molar-refractivity contribution in [3.8, 4) is 0 Å². The van der Waals surface area contributed by atoms with Crippen LogP contribution in [0.1, 0.15) is 0 Å². The van der Waals surface area contributed by atoms with Crippen LogP contribution in [0.5, 0.6) is 0 Å². The van der Waals surface area contributed by atoms with Gasteiger partial charge in [-0.25, -0.2) is 4.79 Å². The molecule has 0 fully saturated rings. The molecule has 0 spiro atoms. The molecule has 2 N–H and O–H groups in total. The van der Waals surface area contributed by atoms with E-state index in [2.05, 4.69) is 15.0 Å². The van der Waals surface area contributed by atoms with Crippen LogP contribution >= 0.6 is 0 Å². The van der Waals surface area contributed by atoms with E-state index in [1.807, 2.05) is 14.1 Å². The van der Waals surface area contributed by atoms with Gasteiger partial charge in [-0.15, -0.1) is 0 Å². The van der Waals surface area contributed by atoms with Crippen LogP contribution in [0.25, 0.3) is 0 Å². The second kappa shape index (κ2) is 33.0. The molecular formula is C26H52N2O13. The third-order valence-electron chi connectivity index (χ3n) is 4.69. The molecule has 0 unspecified atom stereocenters. The molecule has 0 aromatic rings. The number of nitrogens with zero attached hydrogens (tertiary/aromatic N) is 1. The minimum absolute atomic E-state index is 0.298. The number of aliphatic carboxylic acids is 1. The van der Waals surface area contributed by atoms with Gasteiger partial charge in [-0.05, 0) is 14.1 Å². The lowest BCUT2D eigenvalue weighted by Gasteiger charge is -2.10. The molecular weight excluding hydrogens is 548 g/mol. The number of amides is 1. The molecule has 0 saturated heterocycles. The van der Waals surface area contributed by atoms with Crippen molar-refractivity contribution in [1.29, 1.82) is 0 Å². The Hall–Kier alpha value is -1.50. The fraction of sp³-hybridized carbons (Fsp3) is 0.923. The summed E-state index contributed by atoms with van der Waals surface area (Å²) in [6.45, 7) is 9.28. The van der Waals surface area contributed by atoms with Crippen LogP contribution in [0, 0.1) is 0 Å². The van der Waals surface area contributed by atoms with Crippen molar-refractivity contribution in [3.05, 3.63) is 0 Å². The van der Waals surface area contributed by atoms with Gasteiger partial charge >= 0.3 is 5.97 Å². The Labute approximate surface area is 243 Å². The lowest BCUT2D eigenvalue weighted by atomic mass is 10.6. The number of ether oxygens (including phenoxy) is 10. The van der Waals surface area contributed by atoms with Crippen molar-refractivity contribution in [3.63, 3.8) is 0 Å². The fourth-order valence-electron chi connectivity index (χ4n) is 2.65. The van der Waals surface area contributed by atoms with Gasteiger partial charge in [0.2, 0.25) is 5.91 Å². The van der Waals surface area contributed by atoms with E-state index >= 15 is 0 Å². The van der Waals surface area contributed by atoms with Crippen LogP contribution in [0.4, 0.5) is 0 Å². The number of carbonyl (C=O) groups is 2. The maximum Gasteiger partial charge on any atom is 0.329 e. The molecule has 0 aliphatic carbocycles. The summed E-state index contributed by atoms with van der Waals surface area (Å²) in [5.41, 5.74) is 0. The highest BCUT2D eigenvalue weighted by atomic mass is 16.6. The molecule has 1 amide bonds. The van der Waals surface area contributed by atoms with Gasteiger partial charge < -0.3 is 62.7 Å². The zero-order chi connectivity index (χ0) is 30.1. The van der Waals surface area contributed by atoms with Crippen LogP contribution in [0.3, 0.4) is 0 Å². The van der Waals surface area contributed by atoms with Crippen molar-refractivity contribution in [1.82, 2.24) is 10.2 Å². The van der Waals surface area contributed by atoms with Gasteiger partial charge in [-0.1, -0.05) is 0 Å². The van der Waals surface area contributed by atoms with Gasteiger partial charge in [0.1, 0.15) is 13.2 Å². The SMILES string of the molecule is CN(C)CCOCCOCCOCCOCCOCCOCCOCCOCCOCCNC(=O)COCC(=O)O. The lowest BCUT2D eigenvalue weighted by Crippen LogP contribution is -2.31. The van der Waals surface area contributed by atoms with E-state index in [-0.39, 0.29) is 6.61 Å². The summed E-state index contributed by atoms with van der Waals surface area (Å²) in [4.78, 5) is 23.7. The summed E-state index contributed by atoms with van der Waals surface area (Å²) >= 11 is 0. The normalized spacial score (nSPS) is 11.4. The maximum atomic E-state index is 11.3. The van der Waals surface area contributed by atoms with E-state index in [9.17, 15) is 9.59 Å². The van der Waals surface area contributed by atoms with Crippen LogP contribution in [-0.4, -0.2) is 181 Å². The molecule has 0 aromatic carbocycles. The average Bonchev–Trinajstić information content (AvgIpc) is 2.93. The molecule has 0 bridgehead atoms. The molecule has 0 aromatic heterocycles. The number of carboxylic acids is 1. The summed E-state index contributed by atoms with van der Waals surface area (Å²) in [6, 6.07) is 0. The first-order chi connectivity index (χ1) is 20.0. The first-order valence-electron chi connectivity index (χ1n) is 13.9. The van der Waals surface area contributed by atoms with Gasteiger partial charge in [0.25, 0.3) is 0 Å². The number of hydrogen-bond acceptors (Lipinski definition) is 13. The Morgan fingerprint density at radius 2 is 0.805 bits per heavy atom. The van der Waals surface area contributed by atoms with E-state index in [0.717, 1.165) is 6.54 Å². The van der Waals surface area contributed by atoms with Crippen LogP contribution in [-0.2, 0) is 57.0 Å². The first-order valence-corrected chi connectivity index (χ1v) is 13.9. The van der Waals surface area contributed by atoms with Crippen molar-refractivity contribution in [2.45, 2.75) is 0 Å². The van der Waals surface area contributed by atoms with Crippen LogP contribution in [0.15, 0.2) is 0 Å². The van der Waals surface area contributed by atoms with Crippen LogP contribution in [0.2, 0.25) is 0 Å². The molecule has 0 heterocycles. The third kappa shape index (κ3) is 36.5. The predicted octanol–water partition coefficient (Wildman–Crippen LogP) is -1.09. The number of rotatable bonds is 34. The summed E-state index contributed by atoms with van der Waals surface area (Å²) in [7, 11) is 4.02. The number of likely N-dealkylation sites (N-methyl/N-ethyl adjacent to an activating group) is 1. The number of hydrogen-bond donors (Lipinski definition) is 2. The third-order valence-corrected chi connectivity index (χ3v) is 4.69. The highest BCUT2D eigenvalue weighted by Crippen LogP contribution is 1.86. The van der Waals surface area contributed by atoms with Gasteiger partial charge in [-0.3, -0.25) is 4.79 Å². The molecule has 0 saturated carbocycles. The Bertz CT molecular complexity index is 573. The van der Waals surface area contributed by atoms with Crippen molar-refractivity contribution in [2.75, 3.05) is 159 Å². The van der Waals surface area contributed by atoms with E-state index in [4.69, 9.17) is 47.7 Å². The van der Waals surface area contributed by atoms with Gasteiger partial charge in [0.15, 0.2) is 0 Å². The average molecular weight is 601 g/mol. The molecule has 15 nitrogen and oxygen atoms in total. The zero-order valence-corrected chi connectivity index (χ0v) is 24.8. The number of carboxylic acid groups (broad SMARTS) is 1. The lowest BCUT2D eigenvalue weighted by molar-refractivity contribution is -0.143. The maximum absolute atomic E-state index is 11.3. The Morgan fingerprint density at radius 3 is 1.12 bits per heavy atom. The summed E-state index contributed by atoms with van der Waals surface area (Å²) in [5, 5.41) is 11.0. The zero-order valence-electron chi connectivity index (χ0n) is 24.8. The highest BCUT2D eigenvalue weighted by Gasteiger charge is 2.03. The van der Waals surface area contributed by atoms with E-state index in [1.165, 1.54) is 0 Å². The molecule has 244 valence electrons. The second-order valence-electron chi connectivity index (χ2n) is 8.55. The molecule has 0 atom stereocenters. The summed E-state index contributed by atoms with van der Waals surface area (Å²) in [5.74, 6) is -1.52. The van der Waals surface area contributed by atoms with Gasteiger partial charge in [0, 0.05) is 13.1 Å². The van der Waals surface area contributed by atoms with Crippen LogP contribution < -0.4 is 5.32 Å². The minimum atomic E-state index is -1.12. The first kappa shape index (κ1) is 39.5. The van der Waals surface area contributed by atoms with Gasteiger partial charge in [-0.2, -0.15) is 0 Å². The quantitative estimate of drug-likeness (QED) is 0.0858. The second-order valence-corrected chi connectivity index (χ2v) is 8.55. The van der Waals surface area contributed by atoms with E-state index < -0.39 is 18.5 Å². The predicted molar refractivity (Wildman–Crippen MR) is 147 cm³/mol. The molecule has 0 aliphatic heterocycles. The Balaban J connectivity index is 3.09. The standard InChI is InChI=1S/C26H52N2O13/c1-28(2)4-6-33-8-10-35-12-14-37-16-18-39-20-22-40-21-19-38-17-15-36-13-11-34-9-7-32-5-3-27-25(29)23-41-24-26(30)31/h3-24H2,1-2H3,(H,27,29)(H,30,31). The Morgan fingerprint density at radius 1 is 0.488 bits per heavy atom. The molecule has 0 rings (SSSR count). The Kier molecular flexibility index (Phi) is 31.8. The van der Waals surface area contributed by atoms with Crippen molar-refractivity contribution < 1.29 is 62.1 Å². The van der Waals surface area contributed by atoms with Crippen molar-refractivity contribution in [2.24, 2.45) is 0 Å². The summed E-state index contributed by atoms with van der Waals surface area (Å²) in [6.07, 6.45) is 0. The van der Waals surface area contributed by atoms with E-state index in [1.54, 1.807) is 0 Å².